The van der Waals surface area contributed by atoms with Gasteiger partial charge in [0.05, 0.1) is 12.2 Å². The number of nitrogens with zero attached hydrogens (tertiary/aromatic N) is 1. The lowest BCUT2D eigenvalue weighted by Crippen LogP contribution is -2.31. The van der Waals surface area contributed by atoms with E-state index in [1.54, 1.807) is 18.2 Å². The molecule has 3 N–H and O–H groups in total. The van der Waals surface area contributed by atoms with Gasteiger partial charge in [0, 0.05) is 18.1 Å². The molecule has 144 valence electrons. The number of carbonyl (C=O) groups is 1. The summed E-state index contributed by atoms with van der Waals surface area (Å²) in [6, 6.07) is 4.99. The molecule has 0 spiro atoms. The highest BCUT2D eigenvalue weighted by Crippen LogP contribution is 2.38. The SMILES string of the molecule is CCCOc1ccc(C2CC(=O)Nc3nc(SCCC)[nH]c(=O)c32)cc1O. The summed E-state index contributed by atoms with van der Waals surface area (Å²) in [6.07, 6.45) is 1.90. The van der Waals surface area contributed by atoms with E-state index in [2.05, 4.69) is 15.3 Å². The number of aromatic nitrogens is 2. The van der Waals surface area contributed by atoms with Crippen LogP contribution in [-0.2, 0) is 4.79 Å². The van der Waals surface area contributed by atoms with E-state index in [1.807, 2.05) is 13.8 Å². The standard InChI is InChI=1S/C19H23N3O4S/c1-3-7-26-14-6-5-11(9-13(14)23)12-10-15(24)20-17-16(12)18(25)22-19(21-17)27-8-4-2/h5-6,9,12,23H,3-4,7-8,10H2,1-2H3,(H2,20,21,22,24,25). The number of phenolic OH excluding ortho intramolecular Hbond substituents is 1. The first-order valence-corrected chi connectivity index (χ1v) is 10.0. The van der Waals surface area contributed by atoms with Crippen LogP contribution in [0.4, 0.5) is 5.82 Å². The summed E-state index contributed by atoms with van der Waals surface area (Å²) in [5.74, 6) is 0.827. The molecule has 0 saturated carbocycles. The molecule has 1 aromatic heterocycles. The number of aromatic hydroxyl groups is 1. The van der Waals surface area contributed by atoms with Gasteiger partial charge in [-0.25, -0.2) is 4.98 Å². The van der Waals surface area contributed by atoms with E-state index in [1.165, 1.54) is 11.8 Å². The molecule has 0 aliphatic carbocycles. The lowest BCUT2D eigenvalue weighted by molar-refractivity contribution is -0.116. The number of phenols is 1. The van der Waals surface area contributed by atoms with E-state index in [9.17, 15) is 14.7 Å². The molecule has 7 nitrogen and oxygen atoms in total. The zero-order chi connectivity index (χ0) is 19.4. The van der Waals surface area contributed by atoms with E-state index in [4.69, 9.17) is 4.74 Å². The van der Waals surface area contributed by atoms with Crippen molar-refractivity contribution in [1.82, 2.24) is 9.97 Å². The fraction of sp³-hybridized carbons (Fsp3) is 0.421. The van der Waals surface area contributed by atoms with E-state index in [-0.39, 0.29) is 23.6 Å². The Bertz CT molecular complexity index is 897. The molecule has 2 aromatic rings. The van der Waals surface area contributed by atoms with Crippen molar-refractivity contribution in [1.29, 1.82) is 0 Å². The molecule has 1 amide bonds. The predicted octanol–water partition coefficient (Wildman–Crippen LogP) is 3.24. The summed E-state index contributed by atoms with van der Waals surface area (Å²) in [4.78, 5) is 32.1. The minimum absolute atomic E-state index is 0.00649. The number of rotatable bonds is 7. The molecular formula is C19H23N3O4S. The van der Waals surface area contributed by atoms with Gasteiger partial charge < -0.3 is 20.1 Å². The molecule has 1 aromatic carbocycles. The van der Waals surface area contributed by atoms with Gasteiger partial charge in [0.2, 0.25) is 5.91 Å². The first-order chi connectivity index (χ1) is 13.0. The van der Waals surface area contributed by atoms with Crippen molar-refractivity contribution < 1.29 is 14.6 Å². The van der Waals surface area contributed by atoms with Crippen LogP contribution in [0.2, 0.25) is 0 Å². The highest BCUT2D eigenvalue weighted by molar-refractivity contribution is 7.99. The van der Waals surface area contributed by atoms with Crippen LogP contribution in [0.1, 0.15) is 50.2 Å². The van der Waals surface area contributed by atoms with Crippen LogP contribution in [0.25, 0.3) is 0 Å². The normalized spacial score (nSPS) is 15.9. The molecular weight excluding hydrogens is 366 g/mol. The smallest absolute Gasteiger partial charge is 0.257 e. The third-order valence-corrected chi connectivity index (χ3v) is 5.30. The highest BCUT2D eigenvalue weighted by Gasteiger charge is 2.31. The number of fused-ring (bicyclic) bond motifs is 1. The van der Waals surface area contributed by atoms with Crippen molar-refractivity contribution in [2.75, 3.05) is 17.7 Å². The summed E-state index contributed by atoms with van der Waals surface area (Å²) < 4.78 is 5.48. The number of hydrogen-bond donors (Lipinski definition) is 3. The van der Waals surface area contributed by atoms with E-state index < -0.39 is 5.92 Å². The van der Waals surface area contributed by atoms with Gasteiger partial charge >= 0.3 is 0 Å². The van der Waals surface area contributed by atoms with Crippen LogP contribution in [0.5, 0.6) is 11.5 Å². The first-order valence-electron chi connectivity index (χ1n) is 9.06. The number of thioether (sulfide) groups is 1. The van der Waals surface area contributed by atoms with E-state index in [0.29, 0.717) is 34.5 Å². The van der Waals surface area contributed by atoms with Gasteiger partial charge in [0.1, 0.15) is 5.82 Å². The molecule has 27 heavy (non-hydrogen) atoms. The lowest BCUT2D eigenvalue weighted by atomic mass is 9.86. The maximum Gasteiger partial charge on any atom is 0.257 e. The third-order valence-electron chi connectivity index (χ3n) is 4.22. The molecule has 2 heterocycles. The lowest BCUT2D eigenvalue weighted by Gasteiger charge is -2.25. The fourth-order valence-electron chi connectivity index (χ4n) is 2.99. The average Bonchev–Trinajstić information content (AvgIpc) is 2.64. The van der Waals surface area contributed by atoms with Crippen molar-refractivity contribution >= 4 is 23.5 Å². The van der Waals surface area contributed by atoms with Gasteiger partial charge in [-0.2, -0.15) is 0 Å². The van der Waals surface area contributed by atoms with Crippen LogP contribution in [0.3, 0.4) is 0 Å². The Morgan fingerprint density at radius 3 is 2.81 bits per heavy atom. The number of benzene rings is 1. The molecule has 1 unspecified atom stereocenters. The molecule has 3 rings (SSSR count). The number of anilines is 1. The number of nitrogens with one attached hydrogen (secondary N) is 2. The van der Waals surface area contributed by atoms with Crippen molar-refractivity contribution in [3.05, 3.63) is 39.7 Å². The topological polar surface area (TPSA) is 104 Å². The monoisotopic (exact) mass is 389 g/mol. The van der Waals surface area contributed by atoms with Gasteiger partial charge in [-0.15, -0.1) is 0 Å². The van der Waals surface area contributed by atoms with Gasteiger partial charge in [-0.05, 0) is 30.5 Å². The predicted molar refractivity (Wildman–Crippen MR) is 105 cm³/mol. The first kappa shape index (κ1) is 19.3. The number of ether oxygens (including phenoxy) is 1. The molecule has 0 fully saturated rings. The van der Waals surface area contributed by atoms with E-state index in [0.717, 1.165) is 18.6 Å². The van der Waals surface area contributed by atoms with Crippen molar-refractivity contribution in [3.8, 4) is 11.5 Å². The summed E-state index contributed by atoms with van der Waals surface area (Å²) in [6.45, 7) is 4.53. The number of H-pyrrole nitrogens is 1. The molecule has 0 saturated heterocycles. The molecule has 1 atom stereocenters. The third kappa shape index (κ3) is 4.27. The van der Waals surface area contributed by atoms with Gasteiger partial charge in [-0.3, -0.25) is 9.59 Å². The largest absolute Gasteiger partial charge is 0.504 e. The molecule has 1 aliphatic rings. The van der Waals surface area contributed by atoms with Crippen LogP contribution in [0, 0.1) is 0 Å². The highest BCUT2D eigenvalue weighted by atomic mass is 32.2. The zero-order valence-corrected chi connectivity index (χ0v) is 16.2. The Balaban J connectivity index is 1.97. The van der Waals surface area contributed by atoms with Crippen LogP contribution >= 0.6 is 11.8 Å². The summed E-state index contributed by atoms with van der Waals surface area (Å²) in [7, 11) is 0. The quantitative estimate of drug-likeness (QED) is 0.496. The minimum atomic E-state index is -0.471. The Kier molecular flexibility index (Phi) is 6.05. The Hall–Kier alpha value is -2.48. The second-order valence-corrected chi connectivity index (χ2v) is 7.45. The molecule has 0 radical (unpaired) electrons. The number of amides is 1. The average molecular weight is 389 g/mol. The Morgan fingerprint density at radius 1 is 1.30 bits per heavy atom. The second kappa shape index (κ2) is 8.47. The molecule has 1 aliphatic heterocycles. The van der Waals surface area contributed by atoms with Gasteiger partial charge in [0.15, 0.2) is 16.7 Å². The summed E-state index contributed by atoms with van der Waals surface area (Å²) in [5.41, 5.74) is 0.820. The maximum atomic E-state index is 12.7. The second-order valence-electron chi connectivity index (χ2n) is 6.36. The summed E-state index contributed by atoms with van der Waals surface area (Å²) in [5, 5.41) is 13.4. The zero-order valence-electron chi connectivity index (χ0n) is 15.4. The fourth-order valence-corrected chi connectivity index (χ4v) is 3.71. The van der Waals surface area contributed by atoms with Crippen LogP contribution in [0.15, 0.2) is 28.2 Å². The van der Waals surface area contributed by atoms with Crippen LogP contribution < -0.4 is 15.6 Å². The maximum absolute atomic E-state index is 12.7. The minimum Gasteiger partial charge on any atom is -0.504 e. The van der Waals surface area contributed by atoms with E-state index >= 15 is 0 Å². The number of aromatic amines is 1. The number of carbonyl (C=O) groups excluding carboxylic acids is 1. The van der Waals surface area contributed by atoms with Gasteiger partial charge in [-0.1, -0.05) is 31.7 Å². The Labute approximate surface area is 161 Å². The summed E-state index contributed by atoms with van der Waals surface area (Å²) >= 11 is 1.44. The van der Waals surface area contributed by atoms with Crippen molar-refractivity contribution in [3.63, 3.8) is 0 Å². The Morgan fingerprint density at radius 2 is 2.11 bits per heavy atom. The molecule has 0 bridgehead atoms. The van der Waals surface area contributed by atoms with Gasteiger partial charge in [0.25, 0.3) is 5.56 Å². The number of hydrogen-bond acceptors (Lipinski definition) is 6. The molecule has 8 heteroatoms. The van der Waals surface area contributed by atoms with Crippen molar-refractivity contribution in [2.45, 2.75) is 44.2 Å². The van der Waals surface area contributed by atoms with Crippen molar-refractivity contribution in [2.24, 2.45) is 0 Å². The van der Waals surface area contributed by atoms with Crippen LogP contribution in [-0.4, -0.2) is 33.3 Å².